The molecular formula is C25H27N. The fourth-order valence-electron chi connectivity index (χ4n) is 4.09. The minimum absolute atomic E-state index is 0.189. The molecule has 1 aliphatic rings. The van der Waals surface area contributed by atoms with E-state index in [9.17, 15) is 0 Å². The van der Waals surface area contributed by atoms with Crippen LogP contribution >= 0.6 is 0 Å². The smallest absolute Gasteiger partial charge is 0.0645 e. The van der Waals surface area contributed by atoms with E-state index in [-0.39, 0.29) is 41.3 Å². The molecular weight excluding hydrogens is 314 g/mol. The third-order valence-electron chi connectivity index (χ3n) is 5.21. The van der Waals surface area contributed by atoms with Gasteiger partial charge in [0.05, 0.1) is 6.85 Å². The maximum Gasteiger partial charge on any atom is 0.0645 e. The summed E-state index contributed by atoms with van der Waals surface area (Å²) in [7, 11) is 0. The zero-order valence-electron chi connectivity index (χ0n) is 21.0. The number of hydrogen-bond acceptors (Lipinski definition) is 1. The van der Waals surface area contributed by atoms with E-state index in [1.54, 1.807) is 0 Å². The zero-order chi connectivity index (χ0) is 22.9. The summed E-state index contributed by atoms with van der Waals surface area (Å²) in [5.41, 5.74) is 4.91. The number of rotatable bonds is 2. The Labute approximate surface area is 164 Å². The molecule has 0 radical (unpaired) electrons. The number of fused-ring (bicyclic) bond motifs is 3. The van der Waals surface area contributed by atoms with E-state index in [1.165, 1.54) is 11.1 Å². The van der Waals surface area contributed by atoms with Crippen molar-refractivity contribution in [1.82, 2.24) is 0 Å². The lowest BCUT2D eigenvalue weighted by atomic mass is 9.82. The number of benzene rings is 3. The largest absolute Gasteiger partial charge is 0.336 e. The van der Waals surface area contributed by atoms with Crippen LogP contribution in [0.15, 0.2) is 72.7 Å². The summed E-state index contributed by atoms with van der Waals surface area (Å²) in [6, 6.07) is 13.0. The Hall–Kier alpha value is -2.54. The van der Waals surface area contributed by atoms with Crippen LogP contribution in [0.1, 0.15) is 52.6 Å². The van der Waals surface area contributed by atoms with Crippen molar-refractivity contribution >= 4 is 11.4 Å². The van der Waals surface area contributed by atoms with Gasteiger partial charge in [-0.05, 0) is 55.6 Å². The molecule has 1 heteroatoms. The maximum absolute atomic E-state index is 8.60. The topological polar surface area (TPSA) is 3.24 Å². The van der Waals surface area contributed by atoms with E-state index in [1.807, 2.05) is 49.9 Å². The van der Waals surface area contributed by atoms with Crippen LogP contribution in [-0.4, -0.2) is 5.54 Å². The van der Waals surface area contributed by atoms with Crippen molar-refractivity contribution in [2.75, 3.05) is 4.90 Å². The Kier molecular flexibility index (Phi) is 2.64. The van der Waals surface area contributed by atoms with Gasteiger partial charge >= 0.3 is 0 Å². The molecule has 4 rings (SSSR count). The predicted molar refractivity (Wildman–Crippen MR) is 112 cm³/mol. The molecule has 0 bridgehead atoms. The number of anilines is 2. The molecule has 0 saturated heterocycles. The minimum atomic E-state index is -0.537. The summed E-state index contributed by atoms with van der Waals surface area (Å²) in [6.45, 7) is 10.4. The molecule has 0 N–H and O–H groups in total. The molecule has 0 atom stereocenters. The van der Waals surface area contributed by atoms with Crippen LogP contribution in [0, 0.1) is 0 Å². The van der Waals surface area contributed by atoms with Crippen molar-refractivity contribution < 1.29 is 6.85 Å². The van der Waals surface area contributed by atoms with Crippen LogP contribution in [0.5, 0.6) is 0 Å². The molecule has 3 aromatic carbocycles. The second-order valence-corrected chi connectivity index (χ2v) is 8.35. The Bertz CT molecular complexity index is 1180. The highest BCUT2D eigenvalue weighted by Crippen LogP contribution is 2.53. The van der Waals surface area contributed by atoms with Crippen molar-refractivity contribution in [3.63, 3.8) is 0 Å². The van der Waals surface area contributed by atoms with Gasteiger partial charge in [0.15, 0.2) is 0 Å². The second-order valence-electron chi connectivity index (χ2n) is 8.35. The summed E-state index contributed by atoms with van der Waals surface area (Å²) < 4.78 is 41.6. The normalized spacial score (nSPS) is 17.3. The standard InChI is InChI=1S/C25H27N/c1-24(2,3)26(18-12-7-6-8-13-18)22-17-11-16-21-23(22)19-14-9-10-15-20(19)25(21,4)5/h6-17H,1-5H3/i6D,7D,8D,12D,13D. The van der Waals surface area contributed by atoms with Gasteiger partial charge in [0.1, 0.15) is 0 Å². The van der Waals surface area contributed by atoms with Gasteiger partial charge in [-0.3, -0.25) is 0 Å². The minimum Gasteiger partial charge on any atom is -0.336 e. The van der Waals surface area contributed by atoms with Crippen LogP contribution in [-0.2, 0) is 5.41 Å². The van der Waals surface area contributed by atoms with Crippen LogP contribution in [0.25, 0.3) is 11.1 Å². The van der Waals surface area contributed by atoms with Gasteiger partial charge in [-0.2, -0.15) is 0 Å². The fourth-order valence-corrected chi connectivity index (χ4v) is 4.09. The van der Waals surface area contributed by atoms with Crippen LogP contribution in [0.3, 0.4) is 0 Å². The molecule has 132 valence electrons. The number of hydrogen-bond donors (Lipinski definition) is 0. The summed E-state index contributed by atoms with van der Waals surface area (Å²) in [6.07, 6.45) is 0. The maximum atomic E-state index is 8.60. The van der Waals surface area contributed by atoms with E-state index >= 15 is 0 Å². The Balaban J connectivity index is 2.11. The Morgan fingerprint density at radius 1 is 0.846 bits per heavy atom. The van der Waals surface area contributed by atoms with Crippen molar-refractivity contribution in [3.8, 4) is 11.1 Å². The van der Waals surface area contributed by atoms with E-state index in [0.717, 1.165) is 16.8 Å². The SMILES string of the molecule is [2H]c1c([2H])c([2H])c(N(c2cccc3c2-c2ccccc2C3(C)C)C(C)(C)C)c([2H])c1[2H]. The quantitative estimate of drug-likeness (QED) is 0.486. The molecule has 1 aliphatic carbocycles. The molecule has 0 saturated carbocycles. The lowest BCUT2D eigenvalue weighted by Gasteiger charge is -2.39. The average molecular weight is 347 g/mol. The first-order valence-corrected chi connectivity index (χ1v) is 8.99. The van der Waals surface area contributed by atoms with Crippen molar-refractivity contribution in [2.24, 2.45) is 0 Å². The van der Waals surface area contributed by atoms with Gasteiger partial charge in [-0.15, -0.1) is 0 Å². The second kappa shape index (κ2) is 5.74. The lowest BCUT2D eigenvalue weighted by Crippen LogP contribution is -2.38. The van der Waals surface area contributed by atoms with Crippen LogP contribution in [0.2, 0.25) is 0 Å². The molecule has 3 aromatic rings. The van der Waals surface area contributed by atoms with Gasteiger partial charge in [-0.1, -0.05) is 68.4 Å². The average Bonchev–Trinajstić information content (AvgIpc) is 2.95. The molecule has 0 fully saturated rings. The third kappa shape index (κ3) is 2.46. The summed E-state index contributed by atoms with van der Waals surface area (Å²) in [5, 5.41) is 0. The fraction of sp³-hybridized carbons (Fsp3) is 0.280. The highest BCUT2D eigenvalue weighted by Gasteiger charge is 2.38. The lowest BCUT2D eigenvalue weighted by molar-refractivity contribution is 0.560. The first-order chi connectivity index (χ1) is 14.4. The number of nitrogens with zero attached hydrogens (tertiary/aromatic N) is 1. The third-order valence-corrected chi connectivity index (χ3v) is 5.21. The monoisotopic (exact) mass is 346 g/mol. The molecule has 1 nitrogen and oxygen atoms in total. The molecule has 26 heavy (non-hydrogen) atoms. The zero-order valence-corrected chi connectivity index (χ0v) is 16.0. The molecule has 0 amide bonds. The van der Waals surface area contributed by atoms with E-state index in [2.05, 4.69) is 32.0 Å². The summed E-state index contributed by atoms with van der Waals surface area (Å²) >= 11 is 0. The summed E-state index contributed by atoms with van der Waals surface area (Å²) in [4.78, 5) is 1.91. The molecule has 0 heterocycles. The van der Waals surface area contributed by atoms with Crippen molar-refractivity contribution in [2.45, 2.75) is 45.6 Å². The van der Waals surface area contributed by atoms with Crippen molar-refractivity contribution in [3.05, 3.63) is 83.8 Å². The van der Waals surface area contributed by atoms with Gasteiger partial charge in [0, 0.05) is 27.9 Å². The highest BCUT2D eigenvalue weighted by atomic mass is 15.2. The van der Waals surface area contributed by atoms with Gasteiger partial charge < -0.3 is 4.90 Å². The van der Waals surface area contributed by atoms with Gasteiger partial charge in [0.2, 0.25) is 0 Å². The van der Waals surface area contributed by atoms with E-state index in [0.29, 0.717) is 0 Å². The van der Waals surface area contributed by atoms with Gasteiger partial charge in [0.25, 0.3) is 0 Å². The van der Waals surface area contributed by atoms with E-state index in [4.69, 9.17) is 6.85 Å². The molecule has 0 aliphatic heterocycles. The Morgan fingerprint density at radius 3 is 2.19 bits per heavy atom. The highest BCUT2D eigenvalue weighted by molar-refractivity contribution is 5.92. The van der Waals surface area contributed by atoms with Gasteiger partial charge in [-0.25, -0.2) is 0 Å². The van der Waals surface area contributed by atoms with E-state index < -0.39 is 5.54 Å². The molecule has 0 unspecified atom stereocenters. The first kappa shape index (κ1) is 12.0. The van der Waals surface area contributed by atoms with Crippen LogP contribution < -0.4 is 4.90 Å². The van der Waals surface area contributed by atoms with Crippen LogP contribution in [0.4, 0.5) is 11.4 Å². The van der Waals surface area contributed by atoms with Crippen molar-refractivity contribution in [1.29, 1.82) is 0 Å². The molecule has 0 spiro atoms. The predicted octanol–water partition coefficient (Wildman–Crippen LogP) is 6.93. The first-order valence-electron chi connectivity index (χ1n) is 11.5. The summed E-state index contributed by atoms with van der Waals surface area (Å²) in [5.74, 6) is 0. The number of para-hydroxylation sites is 1. The molecule has 0 aromatic heterocycles. The Morgan fingerprint density at radius 2 is 1.50 bits per heavy atom.